The number of thiophene rings is 1. The molecule has 0 fully saturated rings. The van der Waals surface area contributed by atoms with Crippen molar-refractivity contribution in [1.82, 2.24) is 0 Å². The lowest BCUT2D eigenvalue weighted by atomic mass is 9.81. The summed E-state index contributed by atoms with van der Waals surface area (Å²) in [5.74, 6) is 0. The lowest BCUT2D eigenvalue weighted by Gasteiger charge is -2.22. The van der Waals surface area contributed by atoms with Crippen molar-refractivity contribution in [2.24, 2.45) is 0 Å². The molecule has 0 unspecified atom stereocenters. The fourth-order valence-electron chi connectivity index (χ4n) is 10.4. The summed E-state index contributed by atoms with van der Waals surface area (Å²) in [6, 6.07) is 81.3. The normalized spacial score (nSPS) is 11.9. The van der Waals surface area contributed by atoms with Crippen molar-refractivity contribution in [2.45, 2.75) is 0 Å². The van der Waals surface area contributed by atoms with Crippen molar-refractivity contribution >= 4 is 96.1 Å². The van der Waals surface area contributed by atoms with Crippen LogP contribution in [0.3, 0.4) is 0 Å². The maximum atomic E-state index is 2.47. The molecular weight excluding hydrogens is 753 g/mol. The predicted molar refractivity (Wildman–Crippen MR) is 266 cm³/mol. The molecule has 61 heavy (non-hydrogen) atoms. The average Bonchev–Trinajstić information content (AvgIpc) is 3.71. The second-order valence-corrected chi connectivity index (χ2v) is 17.3. The van der Waals surface area contributed by atoms with E-state index in [2.05, 4.69) is 218 Å². The van der Waals surface area contributed by atoms with E-state index >= 15 is 0 Å². The zero-order valence-electron chi connectivity index (χ0n) is 33.2. The van der Waals surface area contributed by atoms with E-state index in [1.807, 2.05) is 11.3 Å². The highest BCUT2D eigenvalue weighted by Crippen LogP contribution is 2.51. The van der Waals surface area contributed by atoms with Crippen LogP contribution in [0.2, 0.25) is 0 Å². The molecule has 0 spiro atoms. The fourth-order valence-corrected chi connectivity index (χ4v) is 11.5. The Hall–Kier alpha value is -7.58. The molecule has 0 aliphatic carbocycles. The third-order valence-electron chi connectivity index (χ3n) is 13.0. The van der Waals surface area contributed by atoms with Gasteiger partial charge in [0, 0.05) is 20.2 Å². The van der Waals surface area contributed by atoms with Gasteiger partial charge in [0.05, 0.1) is 0 Å². The summed E-state index contributed by atoms with van der Waals surface area (Å²) in [5.41, 5.74) is 10.0. The minimum absolute atomic E-state index is 1.22. The minimum Gasteiger partial charge on any atom is -0.135 e. The van der Waals surface area contributed by atoms with Crippen molar-refractivity contribution in [3.05, 3.63) is 218 Å². The van der Waals surface area contributed by atoms with Crippen molar-refractivity contribution in [3.8, 4) is 44.5 Å². The van der Waals surface area contributed by atoms with Crippen LogP contribution in [0.5, 0.6) is 0 Å². The minimum atomic E-state index is 1.22. The molecule has 0 N–H and O–H groups in total. The zero-order chi connectivity index (χ0) is 40.0. The van der Waals surface area contributed by atoms with Crippen LogP contribution in [-0.2, 0) is 0 Å². The van der Waals surface area contributed by atoms with Crippen LogP contribution >= 0.6 is 11.3 Å². The first-order chi connectivity index (χ1) is 30.3. The average molecular weight is 789 g/mol. The van der Waals surface area contributed by atoms with Gasteiger partial charge in [-0.1, -0.05) is 200 Å². The van der Waals surface area contributed by atoms with Gasteiger partial charge in [-0.3, -0.25) is 0 Å². The molecule has 1 heterocycles. The Kier molecular flexibility index (Phi) is 7.58. The van der Waals surface area contributed by atoms with E-state index in [0.717, 1.165) is 0 Å². The number of fused-ring (bicyclic) bond motifs is 11. The Balaban J connectivity index is 1.08. The largest absolute Gasteiger partial charge is 0.135 e. The monoisotopic (exact) mass is 788 g/mol. The summed E-state index contributed by atoms with van der Waals surface area (Å²) in [6.07, 6.45) is 0. The summed E-state index contributed by atoms with van der Waals surface area (Å²) in [7, 11) is 0. The van der Waals surface area contributed by atoms with Crippen molar-refractivity contribution in [1.29, 1.82) is 0 Å². The molecule has 12 aromatic carbocycles. The molecule has 1 aromatic heterocycles. The Morgan fingerprint density at radius 2 is 0.623 bits per heavy atom. The van der Waals surface area contributed by atoms with Gasteiger partial charge >= 0.3 is 0 Å². The smallest absolute Gasteiger partial charge is 0.0361 e. The third kappa shape index (κ3) is 5.18. The molecule has 0 aliphatic rings. The summed E-state index contributed by atoms with van der Waals surface area (Å²) in [6.45, 7) is 0. The molecule has 13 aromatic rings. The van der Waals surface area contributed by atoms with Crippen molar-refractivity contribution < 1.29 is 0 Å². The van der Waals surface area contributed by atoms with Crippen LogP contribution in [0.1, 0.15) is 0 Å². The predicted octanol–water partition coefficient (Wildman–Crippen LogP) is 17.6. The SMILES string of the molecule is c1ccc(-c2ccc(-c3c4ccccc4c(-c4c5ccccc5c(-c5ccc6sc7ccc8c9ccccc9ccc8c7c6c5)c5ccccc45)c4ccccc34)cc2)cc1. The number of hydrogen-bond donors (Lipinski definition) is 0. The van der Waals surface area contributed by atoms with Crippen LogP contribution in [-0.4, -0.2) is 0 Å². The van der Waals surface area contributed by atoms with E-state index in [1.165, 1.54) is 129 Å². The summed E-state index contributed by atoms with van der Waals surface area (Å²) in [5, 5.41) is 18.0. The van der Waals surface area contributed by atoms with E-state index in [-0.39, 0.29) is 0 Å². The quantitative estimate of drug-likeness (QED) is 0.123. The molecule has 0 bridgehead atoms. The first-order valence-electron chi connectivity index (χ1n) is 21.1. The molecule has 0 aliphatic heterocycles. The van der Waals surface area contributed by atoms with Gasteiger partial charge in [0.15, 0.2) is 0 Å². The molecule has 0 radical (unpaired) electrons. The van der Waals surface area contributed by atoms with Gasteiger partial charge in [0.25, 0.3) is 0 Å². The molecular formula is C60H36S. The van der Waals surface area contributed by atoms with Crippen LogP contribution < -0.4 is 0 Å². The van der Waals surface area contributed by atoms with Crippen molar-refractivity contribution in [2.75, 3.05) is 0 Å². The van der Waals surface area contributed by atoms with Crippen LogP contribution in [0.4, 0.5) is 0 Å². The van der Waals surface area contributed by atoms with Gasteiger partial charge in [-0.2, -0.15) is 0 Å². The summed E-state index contributed by atoms with van der Waals surface area (Å²) in [4.78, 5) is 0. The molecule has 0 amide bonds. The standard InChI is InChI=1S/C60H36S/c1-2-14-37(15-3-1)38-26-28-40(29-27-38)56-44-18-6-10-22-48(44)59(49-23-11-7-19-45(49)56)60-50-24-12-8-20-46(50)57(47-21-9-13-25-51(47)60)41-31-34-54-53(36-41)58-52-32-30-39-16-4-5-17-42(39)43(52)33-35-55(58)61-54/h1-36H. The van der Waals surface area contributed by atoms with Crippen LogP contribution in [0.15, 0.2) is 218 Å². The molecule has 0 saturated carbocycles. The molecule has 0 nitrogen and oxygen atoms in total. The van der Waals surface area contributed by atoms with Crippen LogP contribution in [0.25, 0.3) is 129 Å². The number of rotatable bonds is 4. The van der Waals surface area contributed by atoms with E-state index in [9.17, 15) is 0 Å². The highest BCUT2D eigenvalue weighted by atomic mass is 32.1. The maximum Gasteiger partial charge on any atom is 0.0361 e. The zero-order valence-corrected chi connectivity index (χ0v) is 34.0. The van der Waals surface area contributed by atoms with Gasteiger partial charge in [-0.15, -0.1) is 11.3 Å². The van der Waals surface area contributed by atoms with E-state index in [1.54, 1.807) is 0 Å². The van der Waals surface area contributed by atoms with Crippen molar-refractivity contribution in [3.63, 3.8) is 0 Å². The Morgan fingerprint density at radius 1 is 0.213 bits per heavy atom. The highest BCUT2D eigenvalue weighted by Gasteiger charge is 2.23. The Morgan fingerprint density at radius 3 is 1.20 bits per heavy atom. The molecule has 0 saturated heterocycles. The van der Waals surface area contributed by atoms with E-state index < -0.39 is 0 Å². The van der Waals surface area contributed by atoms with E-state index in [4.69, 9.17) is 0 Å². The molecule has 282 valence electrons. The number of benzene rings is 12. The fraction of sp³-hybridized carbons (Fsp3) is 0. The Labute approximate surface area is 357 Å². The van der Waals surface area contributed by atoms with Gasteiger partial charge in [0.1, 0.15) is 0 Å². The molecule has 13 rings (SSSR count). The van der Waals surface area contributed by atoms with E-state index in [0.29, 0.717) is 0 Å². The lowest BCUT2D eigenvalue weighted by Crippen LogP contribution is -1.94. The lowest BCUT2D eigenvalue weighted by molar-refractivity contribution is 1.61. The second kappa shape index (κ2) is 13.5. The first kappa shape index (κ1) is 34.3. The molecule has 0 atom stereocenters. The van der Waals surface area contributed by atoms with Crippen LogP contribution in [0, 0.1) is 0 Å². The van der Waals surface area contributed by atoms with Gasteiger partial charge in [0.2, 0.25) is 0 Å². The second-order valence-electron chi connectivity index (χ2n) is 16.3. The third-order valence-corrected chi connectivity index (χ3v) is 14.2. The maximum absolute atomic E-state index is 2.47. The topological polar surface area (TPSA) is 0 Å². The first-order valence-corrected chi connectivity index (χ1v) is 21.9. The highest BCUT2D eigenvalue weighted by molar-refractivity contribution is 7.26. The molecule has 1 heteroatoms. The van der Waals surface area contributed by atoms with Gasteiger partial charge in [-0.05, 0) is 127 Å². The summed E-state index contributed by atoms with van der Waals surface area (Å²) >= 11 is 1.89. The number of hydrogen-bond acceptors (Lipinski definition) is 1. The van der Waals surface area contributed by atoms with Gasteiger partial charge in [-0.25, -0.2) is 0 Å². The Bertz CT molecular complexity index is 3790. The summed E-state index contributed by atoms with van der Waals surface area (Å²) < 4.78 is 2.65. The van der Waals surface area contributed by atoms with Gasteiger partial charge < -0.3 is 0 Å².